The molecule has 0 aromatic heterocycles. The van der Waals surface area contributed by atoms with Crippen molar-refractivity contribution < 1.29 is 28.6 Å². The summed E-state index contributed by atoms with van der Waals surface area (Å²) >= 11 is 0. The van der Waals surface area contributed by atoms with E-state index in [1.165, 1.54) is 64.2 Å². The fourth-order valence-corrected chi connectivity index (χ4v) is 6.04. The maximum atomic E-state index is 12.6. The lowest BCUT2D eigenvalue weighted by atomic mass is 10.1. The number of esters is 3. The third-order valence-electron chi connectivity index (χ3n) is 9.45. The molecule has 0 aliphatic rings. The van der Waals surface area contributed by atoms with E-state index in [0.29, 0.717) is 25.8 Å². The summed E-state index contributed by atoms with van der Waals surface area (Å²) in [6, 6.07) is 5.65. The number of ether oxygens (including phenoxy) is 3. The van der Waals surface area contributed by atoms with Gasteiger partial charge in [0.2, 0.25) is 0 Å². The van der Waals surface area contributed by atoms with Gasteiger partial charge in [-0.05, 0) is 126 Å². The monoisotopic (exact) mass is 790 g/mol. The van der Waals surface area contributed by atoms with E-state index in [1.807, 2.05) is 37.2 Å². The summed E-state index contributed by atoms with van der Waals surface area (Å²) in [4.78, 5) is 39.3. The van der Waals surface area contributed by atoms with E-state index in [4.69, 9.17) is 14.2 Å². The van der Waals surface area contributed by atoms with Crippen molar-refractivity contribution in [3.8, 4) is 0 Å². The van der Waals surface area contributed by atoms with Crippen LogP contribution in [0.4, 0.5) is 0 Å². The molecule has 0 radical (unpaired) electrons. The molecule has 0 unspecified atom stereocenters. The van der Waals surface area contributed by atoms with Crippen molar-refractivity contribution in [2.45, 2.75) is 181 Å². The minimum Gasteiger partial charge on any atom is -0.461 e. The Labute approximate surface area is 348 Å². The molecule has 0 N–H and O–H groups in total. The topological polar surface area (TPSA) is 82.1 Å². The molecule has 1 aromatic rings. The van der Waals surface area contributed by atoms with Gasteiger partial charge in [0, 0.05) is 19.4 Å². The van der Waals surface area contributed by atoms with Gasteiger partial charge in [-0.25, -0.2) is 0 Å². The number of unbranched alkanes of at least 4 members (excludes halogenated alkanes) is 14. The van der Waals surface area contributed by atoms with E-state index in [-0.39, 0.29) is 37.7 Å². The molecule has 57 heavy (non-hydrogen) atoms. The minimum absolute atomic E-state index is 0.0986. The number of benzene rings is 1. The van der Waals surface area contributed by atoms with Crippen LogP contribution >= 0.6 is 0 Å². The molecule has 0 saturated carbocycles. The lowest BCUT2D eigenvalue weighted by molar-refractivity contribution is -0.145. The molecule has 7 nitrogen and oxygen atoms in total. The molecule has 0 spiro atoms. The van der Waals surface area contributed by atoms with Gasteiger partial charge in [-0.2, -0.15) is 0 Å². The molecule has 0 aliphatic heterocycles. The molecule has 0 fully saturated rings. The van der Waals surface area contributed by atoms with Crippen molar-refractivity contribution in [1.29, 1.82) is 0 Å². The SMILES string of the molecule is CCCCC/C=C\C/C=C\C=C\CCCCCC(=O)OCc1cc(COC(=O)CCCCCCC/C=C\C/C=C\CCCCC)cc(COC(=O)CCN(C)C)c1. The summed E-state index contributed by atoms with van der Waals surface area (Å²) in [6.07, 6.45) is 45.4. The van der Waals surface area contributed by atoms with Crippen LogP contribution in [0.2, 0.25) is 0 Å². The van der Waals surface area contributed by atoms with Crippen molar-refractivity contribution in [2.75, 3.05) is 20.6 Å². The molecule has 320 valence electrons. The van der Waals surface area contributed by atoms with Crippen LogP contribution in [-0.4, -0.2) is 43.4 Å². The van der Waals surface area contributed by atoms with E-state index >= 15 is 0 Å². The zero-order valence-electron chi connectivity index (χ0n) is 36.5. The van der Waals surface area contributed by atoms with Crippen LogP contribution in [-0.2, 0) is 48.4 Å². The van der Waals surface area contributed by atoms with Gasteiger partial charge in [-0.3, -0.25) is 14.4 Å². The van der Waals surface area contributed by atoms with Crippen molar-refractivity contribution in [2.24, 2.45) is 0 Å². The lowest BCUT2D eigenvalue weighted by Gasteiger charge is -2.13. The highest BCUT2D eigenvalue weighted by molar-refractivity contribution is 5.70. The van der Waals surface area contributed by atoms with E-state index in [2.05, 4.69) is 74.6 Å². The number of allylic oxidation sites excluding steroid dienone is 10. The standard InChI is InChI=1S/C50H79NO6/c1-5-7-9-11-13-15-17-19-21-23-25-27-29-31-33-35-48(52)55-42-45-39-46(41-47(40-45)44-57-50(54)37-38-51(3)4)43-56-49(53)36-34-32-30-28-26-24-22-20-18-16-14-12-10-8-6-2/h13-16,19-23,25,39-41H,5-12,17-18,24,26-38,42-44H2,1-4H3/b15-13-,16-14-,21-19-,22-20-,25-23+. The summed E-state index contributed by atoms with van der Waals surface area (Å²) in [5, 5.41) is 0. The predicted octanol–water partition coefficient (Wildman–Crippen LogP) is 13.2. The van der Waals surface area contributed by atoms with Crippen molar-refractivity contribution in [3.63, 3.8) is 0 Å². The van der Waals surface area contributed by atoms with E-state index in [1.54, 1.807) is 0 Å². The average Bonchev–Trinajstić information content (AvgIpc) is 3.20. The molecule has 0 heterocycles. The molecule has 0 saturated heterocycles. The quantitative estimate of drug-likeness (QED) is 0.0220. The Kier molecular flexibility index (Phi) is 34.1. The van der Waals surface area contributed by atoms with Crippen LogP contribution in [0.5, 0.6) is 0 Å². The zero-order valence-corrected chi connectivity index (χ0v) is 36.5. The number of hydrogen-bond acceptors (Lipinski definition) is 7. The van der Waals surface area contributed by atoms with Crippen LogP contribution in [0.1, 0.15) is 178 Å². The number of hydrogen-bond donors (Lipinski definition) is 0. The second-order valence-corrected chi connectivity index (χ2v) is 15.3. The third kappa shape index (κ3) is 34.1. The Balaban J connectivity index is 2.43. The van der Waals surface area contributed by atoms with Crippen LogP contribution in [0.3, 0.4) is 0 Å². The minimum atomic E-state index is -0.279. The van der Waals surface area contributed by atoms with Gasteiger partial charge in [-0.15, -0.1) is 0 Å². The Morgan fingerprint density at radius 2 is 0.825 bits per heavy atom. The molecule has 0 bridgehead atoms. The van der Waals surface area contributed by atoms with Gasteiger partial charge in [0.05, 0.1) is 6.42 Å². The number of carbonyl (C=O) groups excluding carboxylic acids is 3. The summed E-state index contributed by atoms with van der Waals surface area (Å²) < 4.78 is 16.8. The summed E-state index contributed by atoms with van der Waals surface area (Å²) in [5.41, 5.74) is 2.32. The van der Waals surface area contributed by atoms with Gasteiger partial charge in [0.15, 0.2) is 0 Å². The molecule has 1 rings (SSSR count). The first kappa shape index (κ1) is 51.3. The Morgan fingerprint density at radius 1 is 0.456 bits per heavy atom. The van der Waals surface area contributed by atoms with Crippen molar-refractivity contribution in [1.82, 2.24) is 4.90 Å². The maximum Gasteiger partial charge on any atom is 0.307 e. The van der Waals surface area contributed by atoms with Gasteiger partial charge in [-0.1, -0.05) is 126 Å². The fourth-order valence-electron chi connectivity index (χ4n) is 6.04. The van der Waals surface area contributed by atoms with Gasteiger partial charge in [0.25, 0.3) is 0 Å². The first-order chi connectivity index (χ1) is 27.8. The van der Waals surface area contributed by atoms with Gasteiger partial charge >= 0.3 is 17.9 Å². The molecular weight excluding hydrogens is 711 g/mol. The first-order valence-corrected chi connectivity index (χ1v) is 22.3. The zero-order chi connectivity index (χ0) is 41.4. The highest BCUT2D eigenvalue weighted by atomic mass is 16.5. The van der Waals surface area contributed by atoms with Gasteiger partial charge in [0.1, 0.15) is 19.8 Å². The second kappa shape index (κ2) is 37.8. The average molecular weight is 790 g/mol. The first-order valence-electron chi connectivity index (χ1n) is 22.3. The summed E-state index contributed by atoms with van der Waals surface area (Å²) in [6.45, 7) is 5.39. The molecule has 0 amide bonds. The van der Waals surface area contributed by atoms with Crippen molar-refractivity contribution >= 4 is 17.9 Å². The molecule has 0 atom stereocenters. The van der Waals surface area contributed by atoms with E-state index in [9.17, 15) is 14.4 Å². The number of rotatable bonds is 36. The number of nitrogens with zero attached hydrogens (tertiary/aromatic N) is 1. The smallest absolute Gasteiger partial charge is 0.307 e. The normalized spacial score (nSPS) is 12.0. The van der Waals surface area contributed by atoms with Crippen LogP contribution in [0.15, 0.2) is 79.0 Å². The van der Waals surface area contributed by atoms with E-state index in [0.717, 1.165) is 80.9 Å². The highest BCUT2D eigenvalue weighted by Gasteiger charge is 2.11. The summed E-state index contributed by atoms with van der Waals surface area (Å²) in [7, 11) is 3.82. The summed E-state index contributed by atoms with van der Waals surface area (Å²) in [5.74, 6) is -0.733. The Bertz CT molecular complexity index is 1320. The Morgan fingerprint density at radius 3 is 1.30 bits per heavy atom. The van der Waals surface area contributed by atoms with Crippen molar-refractivity contribution in [3.05, 3.63) is 95.6 Å². The molecule has 1 aromatic carbocycles. The predicted molar refractivity (Wildman–Crippen MR) is 238 cm³/mol. The van der Waals surface area contributed by atoms with Crippen LogP contribution in [0, 0.1) is 0 Å². The molecule has 7 heteroatoms. The highest BCUT2D eigenvalue weighted by Crippen LogP contribution is 2.17. The van der Waals surface area contributed by atoms with E-state index < -0.39 is 0 Å². The maximum absolute atomic E-state index is 12.6. The molecule has 0 aliphatic carbocycles. The molecular formula is C50H79NO6. The number of carbonyl (C=O) groups is 3. The van der Waals surface area contributed by atoms with Crippen LogP contribution < -0.4 is 0 Å². The lowest BCUT2D eigenvalue weighted by Crippen LogP contribution is -2.18. The Hall–Kier alpha value is -3.71. The van der Waals surface area contributed by atoms with Crippen LogP contribution in [0.25, 0.3) is 0 Å². The third-order valence-corrected chi connectivity index (χ3v) is 9.45. The largest absolute Gasteiger partial charge is 0.461 e. The fraction of sp³-hybridized carbons (Fsp3) is 0.620. The van der Waals surface area contributed by atoms with Gasteiger partial charge < -0.3 is 19.1 Å². The second-order valence-electron chi connectivity index (χ2n) is 15.3.